The number of rotatable bonds is 2. The second-order valence-electron chi connectivity index (χ2n) is 7.12. The zero-order valence-corrected chi connectivity index (χ0v) is 16.0. The molecule has 5 heteroatoms. The van der Waals surface area contributed by atoms with E-state index in [-0.39, 0.29) is 6.03 Å². The molecular formula is C22H19N3OS. The molecule has 0 spiro atoms. The lowest BCUT2D eigenvalue weighted by Gasteiger charge is -2.07. The topological polar surface area (TPSA) is 54.0 Å². The van der Waals surface area contributed by atoms with Gasteiger partial charge in [-0.3, -0.25) is 5.32 Å². The van der Waals surface area contributed by atoms with Crippen molar-refractivity contribution in [1.29, 1.82) is 0 Å². The van der Waals surface area contributed by atoms with Crippen LogP contribution in [0, 0.1) is 13.8 Å². The average molecular weight is 373 g/mol. The van der Waals surface area contributed by atoms with Crippen LogP contribution in [0.5, 0.6) is 0 Å². The van der Waals surface area contributed by atoms with Crippen molar-refractivity contribution in [3.05, 3.63) is 64.7 Å². The Bertz CT molecular complexity index is 1230. The van der Waals surface area contributed by atoms with Crippen molar-refractivity contribution in [2.75, 3.05) is 10.6 Å². The van der Waals surface area contributed by atoms with Gasteiger partial charge in [0.1, 0.15) is 0 Å². The SMILES string of the molecule is Cc1ccc(NC(=O)Nc2nc3c(cc4c5c(cccc53)CC4)s2)cc1C. The van der Waals surface area contributed by atoms with Crippen molar-refractivity contribution in [2.24, 2.45) is 0 Å². The maximum absolute atomic E-state index is 12.4. The van der Waals surface area contributed by atoms with E-state index in [4.69, 9.17) is 4.98 Å². The first kappa shape index (κ1) is 16.3. The summed E-state index contributed by atoms with van der Waals surface area (Å²) in [7, 11) is 0. The molecule has 0 fully saturated rings. The highest BCUT2D eigenvalue weighted by Crippen LogP contribution is 2.39. The molecule has 1 aliphatic carbocycles. The number of hydrogen-bond acceptors (Lipinski definition) is 3. The van der Waals surface area contributed by atoms with Gasteiger partial charge in [-0.1, -0.05) is 35.6 Å². The maximum atomic E-state index is 12.4. The number of benzene rings is 3. The number of carbonyl (C=O) groups is 1. The summed E-state index contributed by atoms with van der Waals surface area (Å²) in [5, 5.41) is 8.94. The van der Waals surface area contributed by atoms with Crippen LogP contribution in [0.4, 0.5) is 15.6 Å². The molecule has 3 aromatic carbocycles. The number of hydrogen-bond donors (Lipinski definition) is 2. The summed E-state index contributed by atoms with van der Waals surface area (Å²) in [5.41, 5.74) is 6.91. The molecule has 5 rings (SSSR count). The minimum absolute atomic E-state index is 0.269. The molecule has 1 aliphatic rings. The largest absolute Gasteiger partial charge is 0.325 e. The molecule has 0 saturated heterocycles. The number of urea groups is 1. The summed E-state index contributed by atoms with van der Waals surface area (Å²) in [4.78, 5) is 17.1. The molecule has 1 aromatic heterocycles. The molecule has 1 heterocycles. The van der Waals surface area contributed by atoms with E-state index in [1.165, 1.54) is 38.8 Å². The van der Waals surface area contributed by atoms with Crippen LogP contribution in [0.25, 0.3) is 21.0 Å². The summed E-state index contributed by atoms with van der Waals surface area (Å²) < 4.78 is 1.12. The minimum atomic E-state index is -0.269. The van der Waals surface area contributed by atoms with E-state index in [0.717, 1.165) is 34.3 Å². The van der Waals surface area contributed by atoms with Gasteiger partial charge >= 0.3 is 6.03 Å². The second-order valence-corrected chi connectivity index (χ2v) is 8.15. The monoisotopic (exact) mass is 373 g/mol. The van der Waals surface area contributed by atoms with Gasteiger partial charge in [-0.2, -0.15) is 0 Å². The molecule has 0 saturated carbocycles. The predicted molar refractivity (Wildman–Crippen MR) is 113 cm³/mol. The van der Waals surface area contributed by atoms with Crippen molar-refractivity contribution < 1.29 is 4.79 Å². The molecule has 2 amide bonds. The quantitative estimate of drug-likeness (QED) is 0.466. The lowest BCUT2D eigenvalue weighted by atomic mass is 10.0. The number of aryl methyl sites for hydroxylation is 4. The first-order valence-electron chi connectivity index (χ1n) is 9.08. The van der Waals surface area contributed by atoms with E-state index in [1.54, 1.807) is 0 Å². The van der Waals surface area contributed by atoms with Crippen molar-refractivity contribution in [1.82, 2.24) is 4.98 Å². The highest BCUT2D eigenvalue weighted by Gasteiger charge is 2.19. The number of nitrogens with zero attached hydrogens (tertiary/aromatic N) is 1. The third-order valence-corrected chi connectivity index (χ3v) is 6.25. The van der Waals surface area contributed by atoms with E-state index >= 15 is 0 Å². The van der Waals surface area contributed by atoms with Crippen LogP contribution in [-0.2, 0) is 12.8 Å². The molecule has 4 nitrogen and oxygen atoms in total. The first-order chi connectivity index (χ1) is 13.1. The van der Waals surface area contributed by atoms with Gasteiger partial charge in [0.25, 0.3) is 0 Å². The van der Waals surface area contributed by atoms with Crippen molar-refractivity contribution in [3.8, 4) is 0 Å². The van der Waals surface area contributed by atoms with E-state index < -0.39 is 0 Å². The number of anilines is 2. The molecule has 27 heavy (non-hydrogen) atoms. The summed E-state index contributed by atoms with van der Waals surface area (Å²) in [6, 6.07) is 14.3. The summed E-state index contributed by atoms with van der Waals surface area (Å²) in [6.07, 6.45) is 2.19. The Kier molecular flexibility index (Phi) is 3.65. The normalized spacial score (nSPS) is 12.7. The molecule has 0 unspecified atom stereocenters. The fraction of sp³-hybridized carbons (Fsp3) is 0.182. The minimum Gasteiger partial charge on any atom is -0.308 e. The Morgan fingerprint density at radius 2 is 1.85 bits per heavy atom. The van der Waals surface area contributed by atoms with Gasteiger partial charge in [0, 0.05) is 11.1 Å². The van der Waals surface area contributed by atoms with E-state index in [2.05, 4.69) is 41.8 Å². The summed E-state index contributed by atoms with van der Waals surface area (Å²) in [5.74, 6) is 0. The van der Waals surface area contributed by atoms with Gasteiger partial charge in [-0.05, 0) is 72.5 Å². The molecule has 0 radical (unpaired) electrons. The van der Waals surface area contributed by atoms with Gasteiger partial charge in [0.2, 0.25) is 0 Å². The zero-order valence-electron chi connectivity index (χ0n) is 15.2. The van der Waals surface area contributed by atoms with Crippen LogP contribution in [0.1, 0.15) is 22.3 Å². The van der Waals surface area contributed by atoms with Crippen LogP contribution in [-0.4, -0.2) is 11.0 Å². The van der Waals surface area contributed by atoms with Gasteiger partial charge in [0.05, 0.1) is 10.2 Å². The standard InChI is InChI=1S/C22H19N3OS/c1-12-6-9-16(10-13(12)2)23-21(26)25-22-24-20-17-5-3-4-14-7-8-15(19(14)17)11-18(20)27-22/h3-6,9-11H,7-8H2,1-2H3,(H2,23,24,25,26). The molecule has 0 aliphatic heterocycles. The van der Waals surface area contributed by atoms with Crippen LogP contribution >= 0.6 is 11.3 Å². The third-order valence-electron chi connectivity index (χ3n) is 5.33. The van der Waals surface area contributed by atoms with E-state index in [1.807, 2.05) is 25.1 Å². The fourth-order valence-corrected chi connectivity index (χ4v) is 4.78. The Morgan fingerprint density at radius 3 is 2.70 bits per heavy atom. The average Bonchev–Trinajstić information content (AvgIpc) is 3.23. The molecule has 0 bridgehead atoms. The Balaban J connectivity index is 1.45. The molecule has 134 valence electrons. The maximum Gasteiger partial charge on any atom is 0.325 e. The Morgan fingerprint density at radius 1 is 1.00 bits per heavy atom. The number of carbonyl (C=O) groups excluding carboxylic acids is 1. The van der Waals surface area contributed by atoms with Crippen LogP contribution in [0.15, 0.2) is 42.5 Å². The third kappa shape index (κ3) is 2.75. The van der Waals surface area contributed by atoms with Crippen molar-refractivity contribution >= 4 is 49.2 Å². The lowest BCUT2D eigenvalue weighted by Crippen LogP contribution is -2.19. The Labute approximate surface area is 161 Å². The molecular weight excluding hydrogens is 354 g/mol. The molecule has 2 N–H and O–H groups in total. The van der Waals surface area contributed by atoms with Gasteiger partial charge in [-0.15, -0.1) is 0 Å². The smallest absolute Gasteiger partial charge is 0.308 e. The van der Waals surface area contributed by atoms with Gasteiger partial charge in [-0.25, -0.2) is 9.78 Å². The van der Waals surface area contributed by atoms with Gasteiger partial charge < -0.3 is 5.32 Å². The fourth-order valence-electron chi connectivity index (χ4n) is 3.84. The number of amides is 2. The summed E-state index contributed by atoms with van der Waals surface area (Å²) >= 11 is 1.53. The van der Waals surface area contributed by atoms with Crippen molar-refractivity contribution in [3.63, 3.8) is 0 Å². The number of thiazole rings is 1. The number of aromatic nitrogens is 1. The first-order valence-corrected chi connectivity index (χ1v) is 9.89. The van der Waals surface area contributed by atoms with E-state index in [0.29, 0.717) is 5.13 Å². The zero-order chi connectivity index (χ0) is 18.5. The van der Waals surface area contributed by atoms with Crippen LogP contribution in [0.2, 0.25) is 0 Å². The second kappa shape index (κ2) is 6.06. The molecule has 4 aromatic rings. The Hall–Kier alpha value is -2.92. The highest BCUT2D eigenvalue weighted by molar-refractivity contribution is 7.22. The summed E-state index contributed by atoms with van der Waals surface area (Å²) in [6.45, 7) is 4.09. The predicted octanol–water partition coefficient (Wildman–Crippen LogP) is 5.81. The van der Waals surface area contributed by atoms with Crippen molar-refractivity contribution in [2.45, 2.75) is 26.7 Å². The van der Waals surface area contributed by atoms with Crippen LogP contribution in [0.3, 0.4) is 0 Å². The van der Waals surface area contributed by atoms with Gasteiger partial charge in [0.15, 0.2) is 5.13 Å². The number of fused-ring (bicyclic) bond motifs is 2. The highest BCUT2D eigenvalue weighted by atomic mass is 32.1. The van der Waals surface area contributed by atoms with Crippen LogP contribution < -0.4 is 10.6 Å². The lowest BCUT2D eigenvalue weighted by molar-refractivity contribution is 0.262. The molecule has 0 atom stereocenters. The number of nitrogens with one attached hydrogen (secondary N) is 2. The van der Waals surface area contributed by atoms with E-state index in [9.17, 15) is 4.79 Å².